The summed E-state index contributed by atoms with van der Waals surface area (Å²) in [6.07, 6.45) is 1.53. The summed E-state index contributed by atoms with van der Waals surface area (Å²) in [5.74, 6) is -1.13. The van der Waals surface area contributed by atoms with Gasteiger partial charge in [0.25, 0.3) is 11.1 Å². The smallest absolute Gasteiger partial charge is 0.343 e. The highest BCUT2D eigenvalue weighted by Gasteiger charge is 2.37. The highest BCUT2D eigenvalue weighted by atomic mass is 35.5. The summed E-state index contributed by atoms with van der Waals surface area (Å²) >= 11 is 6.68. The first kappa shape index (κ1) is 23.0. The van der Waals surface area contributed by atoms with Crippen molar-refractivity contribution in [2.24, 2.45) is 0 Å². The van der Waals surface area contributed by atoms with Crippen LogP contribution in [0.4, 0.5) is 4.79 Å². The van der Waals surface area contributed by atoms with E-state index in [1.54, 1.807) is 47.4 Å². The van der Waals surface area contributed by atoms with Gasteiger partial charge in [0.15, 0.2) is 0 Å². The monoisotopic (exact) mass is 486 g/mol. The lowest BCUT2D eigenvalue weighted by atomic mass is 10.2. The van der Waals surface area contributed by atoms with Gasteiger partial charge in [-0.1, -0.05) is 29.8 Å². The Hall–Kier alpha value is -3.14. The van der Waals surface area contributed by atoms with Crippen molar-refractivity contribution in [3.05, 3.63) is 69.6 Å². The van der Waals surface area contributed by atoms with E-state index in [4.69, 9.17) is 21.1 Å². The molecule has 0 N–H and O–H groups in total. The number of amides is 3. The number of ether oxygens (including phenoxy) is 2. The van der Waals surface area contributed by atoms with Crippen LogP contribution in [0.3, 0.4) is 0 Å². The molecule has 8 nitrogen and oxygen atoms in total. The maximum atomic E-state index is 12.7. The molecule has 0 atom stereocenters. The van der Waals surface area contributed by atoms with Crippen LogP contribution in [0.2, 0.25) is 5.02 Å². The van der Waals surface area contributed by atoms with Crippen molar-refractivity contribution < 1.29 is 28.7 Å². The van der Waals surface area contributed by atoms with Crippen LogP contribution in [-0.4, -0.2) is 65.7 Å². The minimum atomic E-state index is -0.573. The van der Waals surface area contributed by atoms with Gasteiger partial charge in [-0.15, -0.1) is 0 Å². The van der Waals surface area contributed by atoms with Crippen molar-refractivity contribution in [1.82, 2.24) is 9.80 Å². The first-order valence-electron chi connectivity index (χ1n) is 10.1. The number of carbonyl (C=O) groups is 4. The quantitative estimate of drug-likeness (QED) is 0.363. The van der Waals surface area contributed by atoms with E-state index in [0.717, 1.165) is 16.7 Å². The minimum Gasteiger partial charge on any atom is -0.423 e. The van der Waals surface area contributed by atoms with Crippen molar-refractivity contribution in [2.75, 3.05) is 32.8 Å². The molecule has 4 rings (SSSR count). The molecule has 0 spiro atoms. The van der Waals surface area contributed by atoms with Gasteiger partial charge in [0.1, 0.15) is 12.3 Å². The number of thioether (sulfide) groups is 1. The summed E-state index contributed by atoms with van der Waals surface area (Å²) in [6, 6.07) is 13.0. The van der Waals surface area contributed by atoms with Gasteiger partial charge in [-0.25, -0.2) is 4.79 Å². The van der Waals surface area contributed by atoms with E-state index in [2.05, 4.69) is 0 Å². The Morgan fingerprint density at radius 1 is 1.09 bits per heavy atom. The largest absolute Gasteiger partial charge is 0.423 e. The van der Waals surface area contributed by atoms with Crippen molar-refractivity contribution in [3.63, 3.8) is 0 Å². The molecule has 0 bridgehead atoms. The number of imide groups is 1. The lowest BCUT2D eigenvalue weighted by molar-refractivity contribution is -0.139. The molecule has 2 aromatic rings. The normalized spacial score (nSPS) is 17.5. The zero-order valence-electron chi connectivity index (χ0n) is 17.4. The van der Waals surface area contributed by atoms with Gasteiger partial charge in [0.2, 0.25) is 5.91 Å². The molecule has 2 aliphatic heterocycles. The van der Waals surface area contributed by atoms with E-state index in [1.807, 2.05) is 0 Å². The van der Waals surface area contributed by atoms with Gasteiger partial charge in [0, 0.05) is 18.1 Å². The maximum absolute atomic E-state index is 12.7. The molecule has 170 valence electrons. The van der Waals surface area contributed by atoms with Gasteiger partial charge in [0.05, 0.1) is 23.7 Å². The van der Waals surface area contributed by atoms with Crippen LogP contribution in [0, 0.1) is 0 Å². The number of benzene rings is 2. The molecule has 2 aromatic carbocycles. The first-order chi connectivity index (χ1) is 15.9. The Morgan fingerprint density at radius 3 is 2.61 bits per heavy atom. The molecule has 0 radical (unpaired) electrons. The van der Waals surface area contributed by atoms with E-state index >= 15 is 0 Å². The Morgan fingerprint density at radius 2 is 1.85 bits per heavy atom. The van der Waals surface area contributed by atoms with Crippen LogP contribution in [0.15, 0.2) is 53.4 Å². The number of carbonyl (C=O) groups excluding carboxylic acids is 4. The van der Waals surface area contributed by atoms with Crippen LogP contribution < -0.4 is 4.74 Å². The van der Waals surface area contributed by atoms with Gasteiger partial charge in [-0.05, 0) is 53.7 Å². The van der Waals surface area contributed by atoms with Crippen molar-refractivity contribution in [2.45, 2.75) is 0 Å². The van der Waals surface area contributed by atoms with Crippen LogP contribution in [0.5, 0.6) is 5.75 Å². The third-order valence-electron chi connectivity index (χ3n) is 4.96. The second-order valence-corrected chi connectivity index (χ2v) is 8.66. The molecule has 2 heterocycles. The van der Waals surface area contributed by atoms with E-state index in [1.165, 1.54) is 12.1 Å². The number of esters is 1. The highest BCUT2D eigenvalue weighted by molar-refractivity contribution is 8.18. The fourth-order valence-corrected chi connectivity index (χ4v) is 4.31. The summed E-state index contributed by atoms with van der Waals surface area (Å²) in [7, 11) is 0. The number of halogens is 1. The van der Waals surface area contributed by atoms with E-state index < -0.39 is 17.1 Å². The summed E-state index contributed by atoms with van der Waals surface area (Å²) < 4.78 is 10.6. The molecule has 0 unspecified atom stereocenters. The summed E-state index contributed by atoms with van der Waals surface area (Å²) in [5.41, 5.74) is 0.871. The standard InChI is InChI=1S/C23H19ClN2O6S/c24-17-5-2-4-16(13-17)22(29)32-18-6-1-3-15(11-18)12-19-21(28)26(23(30)33-19)14-20(27)25-7-9-31-10-8-25/h1-6,11-13H,7-10,14H2/b19-12-. The molecule has 0 saturated carbocycles. The predicted molar refractivity (Wildman–Crippen MR) is 123 cm³/mol. The zero-order chi connectivity index (χ0) is 23.4. The average Bonchev–Trinajstić information content (AvgIpc) is 3.07. The topological polar surface area (TPSA) is 93.2 Å². The SMILES string of the molecule is O=C(Oc1cccc(/C=C2\SC(=O)N(CC(=O)N3CCOCC3)C2=O)c1)c1cccc(Cl)c1. The second-order valence-electron chi connectivity index (χ2n) is 7.23. The van der Waals surface area contributed by atoms with E-state index in [0.29, 0.717) is 42.5 Å². The van der Waals surface area contributed by atoms with Gasteiger partial charge in [-0.2, -0.15) is 0 Å². The number of rotatable bonds is 5. The van der Waals surface area contributed by atoms with Gasteiger partial charge in [-0.3, -0.25) is 19.3 Å². The number of hydrogen-bond acceptors (Lipinski definition) is 7. The van der Waals surface area contributed by atoms with Crippen LogP contribution in [-0.2, 0) is 14.3 Å². The van der Waals surface area contributed by atoms with Crippen molar-refractivity contribution >= 4 is 52.5 Å². The number of hydrogen-bond donors (Lipinski definition) is 0. The fourth-order valence-electron chi connectivity index (χ4n) is 3.28. The van der Waals surface area contributed by atoms with Gasteiger partial charge < -0.3 is 14.4 Å². The Labute approximate surface area is 199 Å². The summed E-state index contributed by atoms with van der Waals surface area (Å²) in [5, 5.41) is -0.0857. The maximum Gasteiger partial charge on any atom is 0.343 e. The molecule has 33 heavy (non-hydrogen) atoms. The molecule has 2 fully saturated rings. The van der Waals surface area contributed by atoms with E-state index in [-0.39, 0.29) is 23.1 Å². The molecule has 3 amide bonds. The summed E-state index contributed by atoms with van der Waals surface area (Å²) in [6.45, 7) is 1.44. The second kappa shape index (κ2) is 10.2. The Kier molecular flexibility index (Phi) is 7.12. The lowest BCUT2D eigenvalue weighted by Crippen LogP contribution is -2.46. The molecule has 0 aliphatic carbocycles. The predicted octanol–water partition coefficient (Wildman–Crippen LogP) is 3.45. The van der Waals surface area contributed by atoms with Crippen LogP contribution >= 0.6 is 23.4 Å². The minimum absolute atomic E-state index is 0.188. The first-order valence-corrected chi connectivity index (χ1v) is 11.3. The van der Waals surface area contributed by atoms with E-state index in [9.17, 15) is 19.2 Å². The molecule has 2 aliphatic rings. The van der Waals surface area contributed by atoms with Crippen molar-refractivity contribution in [1.29, 1.82) is 0 Å². The molecule has 0 aromatic heterocycles. The van der Waals surface area contributed by atoms with Crippen LogP contribution in [0.1, 0.15) is 15.9 Å². The lowest BCUT2D eigenvalue weighted by Gasteiger charge is -2.28. The van der Waals surface area contributed by atoms with Gasteiger partial charge >= 0.3 is 5.97 Å². The third-order valence-corrected chi connectivity index (χ3v) is 6.10. The Balaban J connectivity index is 1.44. The fraction of sp³-hybridized carbons (Fsp3) is 0.217. The Bertz CT molecular complexity index is 1150. The van der Waals surface area contributed by atoms with Crippen LogP contribution in [0.25, 0.3) is 6.08 Å². The molecule has 2 saturated heterocycles. The molecule has 10 heteroatoms. The third kappa shape index (κ3) is 5.62. The number of morpholine rings is 1. The summed E-state index contributed by atoms with van der Waals surface area (Å²) in [4.78, 5) is 52.6. The molecular weight excluding hydrogens is 468 g/mol. The number of nitrogens with zero attached hydrogens (tertiary/aromatic N) is 2. The molecular formula is C23H19ClN2O6S. The zero-order valence-corrected chi connectivity index (χ0v) is 18.9. The highest BCUT2D eigenvalue weighted by Crippen LogP contribution is 2.32. The average molecular weight is 487 g/mol. The van der Waals surface area contributed by atoms with Crippen molar-refractivity contribution in [3.8, 4) is 5.75 Å².